The van der Waals surface area contributed by atoms with Gasteiger partial charge in [0, 0.05) is 18.5 Å². The van der Waals surface area contributed by atoms with Gasteiger partial charge in [-0.1, -0.05) is 40.7 Å². The van der Waals surface area contributed by atoms with E-state index < -0.39 is 23.1 Å². The fourth-order valence-electron chi connectivity index (χ4n) is 3.63. The lowest BCUT2D eigenvalue weighted by atomic mass is 9.82. The number of aromatic hydroxyl groups is 1. The Morgan fingerprint density at radius 2 is 1.80 bits per heavy atom. The van der Waals surface area contributed by atoms with E-state index in [0.29, 0.717) is 25.3 Å². The number of hydrogen-bond acceptors (Lipinski definition) is 6. The van der Waals surface area contributed by atoms with Crippen LogP contribution in [0.2, 0.25) is 0 Å². The van der Waals surface area contributed by atoms with E-state index in [2.05, 4.69) is 4.90 Å². The fraction of sp³-hybridized carbons (Fsp3) is 0.565. The van der Waals surface area contributed by atoms with Gasteiger partial charge in [0.05, 0.1) is 18.2 Å². The summed E-state index contributed by atoms with van der Waals surface area (Å²) in [6, 6.07) is 4.05. The molecule has 1 aromatic rings. The highest BCUT2D eigenvalue weighted by atomic mass is 16.5. The van der Waals surface area contributed by atoms with Gasteiger partial charge < -0.3 is 24.7 Å². The largest absolute Gasteiger partial charge is 0.504 e. The Morgan fingerprint density at radius 1 is 1.17 bits per heavy atom. The molecule has 2 N–H and O–H groups in total. The highest BCUT2D eigenvalue weighted by Crippen LogP contribution is 2.42. The molecule has 1 heterocycles. The third-order valence-corrected chi connectivity index (χ3v) is 5.38. The van der Waals surface area contributed by atoms with Gasteiger partial charge in [-0.15, -0.1) is 0 Å². The Hall–Kier alpha value is -2.54. The molecule has 7 heteroatoms. The molecule has 1 atom stereocenters. The number of benzene rings is 1. The minimum atomic E-state index is -0.767. The second kappa shape index (κ2) is 9.51. The normalized spacial score (nSPS) is 17.2. The summed E-state index contributed by atoms with van der Waals surface area (Å²) in [7, 11) is 0. The number of Topliss-reactive ketones (excluding diaryl/α,β-unsaturated/α-hetero) is 1. The van der Waals surface area contributed by atoms with E-state index in [4.69, 9.17) is 4.74 Å². The SMILES string of the molecule is CCOc1cc(C2C(C(=O)C(C)(C)C)=C(O)C(=O)N2CCN(CC)CC)ccc1O. The fourth-order valence-corrected chi connectivity index (χ4v) is 3.63. The van der Waals surface area contributed by atoms with Crippen LogP contribution >= 0.6 is 0 Å². The predicted octanol–water partition coefficient (Wildman–Crippen LogP) is 3.44. The highest BCUT2D eigenvalue weighted by molar-refractivity contribution is 6.10. The molecule has 0 fully saturated rings. The van der Waals surface area contributed by atoms with Crippen LogP contribution in [0, 0.1) is 5.41 Å². The van der Waals surface area contributed by atoms with Crippen LogP contribution < -0.4 is 4.74 Å². The maximum absolute atomic E-state index is 13.2. The van der Waals surface area contributed by atoms with Crippen molar-refractivity contribution in [1.29, 1.82) is 0 Å². The summed E-state index contributed by atoms with van der Waals surface area (Å²) in [5, 5.41) is 20.8. The van der Waals surface area contributed by atoms with E-state index in [0.717, 1.165) is 13.1 Å². The second-order valence-corrected chi connectivity index (χ2v) is 8.43. The quantitative estimate of drug-likeness (QED) is 0.638. The van der Waals surface area contributed by atoms with Crippen LogP contribution in [0.3, 0.4) is 0 Å². The van der Waals surface area contributed by atoms with Crippen LogP contribution in [0.4, 0.5) is 0 Å². The number of amides is 1. The molecule has 1 aliphatic heterocycles. The molecule has 30 heavy (non-hydrogen) atoms. The van der Waals surface area contributed by atoms with Crippen LogP contribution in [0.1, 0.15) is 53.1 Å². The molecule has 1 aliphatic rings. The average molecular weight is 419 g/mol. The summed E-state index contributed by atoms with van der Waals surface area (Å²) in [5.74, 6) is -1.07. The van der Waals surface area contributed by atoms with E-state index in [1.165, 1.54) is 11.0 Å². The Kier molecular flexibility index (Phi) is 7.53. The first-order valence-corrected chi connectivity index (χ1v) is 10.5. The Labute approximate surface area is 178 Å². The van der Waals surface area contributed by atoms with Crippen molar-refractivity contribution in [3.8, 4) is 11.5 Å². The second-order valence-electron chi connectivity index (χ2n) is 8.43. The molecule has 0 aliphatic carbocycles. The summed E-state index contributed by atoms with van der Waals surface area (Å²) < 4.78 is 5.50. The van der Waals surface area contributed by atoms with Crippen molar-refractivity contribution in [2.24, 2.45) is 5.41 Å². The van der Waals surface area contributed by atoms with E-state index >= 15 is 0 Å². The summed E-state index contributed by atoms with van der Waals surface area (Å²) in [5.41, 5.74) is -0.0582. The van der Waals surface area contributed by atoms with Crippen molar-refractivity contribution in [3.63, 3.8) is 0 Å². The lowest BCUT2D eigenvalue weighted by Crippen LogP contribution is -2.39. The predicted molar refractivity (Wildman–Crippen MR) is 116 cm³/mol. The average Bonchev–Trinajstić information content (AvgIpc) is 2.94. The Balaban J connectivity index is 2.54. The molecule has 1 aromatic carbocycles. The monoisotopic (exact) mass is 418 g/mol. The van der Waals surface area contributed by atoms with Gasteiger partial charge in [-0.2, -0.15) is 0 Å². The van der Waals surface area contributed by atoms with Crippen LogP contribution in [0.5, 0.6) is 11.5 Å². The molecule has 0 saturated carbocycles. The summed E-state index contributed by atoms with van der Waals surface area (Å²) in [6.45, 7) is 14.2. The first kappa shape index (κ1) is 23.7. The molecule has 166 valence electrons. The summed E-state index contributed by atoms with van der Waals surface area (Å²) in [4.78, 5) is 29.9. The van der Waals surface area contributed by atoms with Gasteiger partial charge in [-0.05, 0) is 37.7 Å². The minimum Gasteiger partial charge on any atom is -0.504 e. The van der Waals surface area contributed by atoms with Crippen LogP contribution in [0.15, 0.2) is 29.5 Å². The van der Waals surface area contributed by atoms with Crippen molar-refractivity contribution >= 4 is 11.7 Å². The van der Waals surface area contributed by atoms with Crippen LogP contribution in [0.25, 0.3) is 0 Å². The van der Waals surface area contributed by atoms with Crippen molar-refractivity contribution in [1.82, 2.24) is 9.80 Å². The van der Waals surface area contributed by atoms with Crippen molar-refractivity contribution in [2.45, 2.75) is 47.6 Å². The van der Waals surface area contributed by atoms with Gasteiger partial charge in [0.15, 0.2) is 23.0 Å². The van der Waals surface area contributed by atoms with Gasteiger partial charge in [0.2, 0.25) is 0 Å². The molecular weight excluding hydrogens is 384 g/mol. The number of likely N-dealkylation sites (N-methyl/N-ethyl adjacent to an activating group) is 1. The molecule has 0 saturated heterocycles. The zero-order valence-electron chi connectivity index (χ0n) is 18.9. The van der Waals surface area contributed by atoms with Gasteiger partial charge in [0.25, 0.3) is 5.91 Å². The lowest BCUT2D eigenvalue weighted by molar-refractivity contribution is -0.129. The number of carbonyl (C=O) groups is 2. The Bertz CT molecular complexity index is 821. The zero-order chi connectivity index (χ0) is 22.6. The number of ether oxygens (including phenoxy) is 1. The van der Waals surface area contributed by atoms with Crippen LogP contribution in [-0.2, 0) is 9.59 Å². The first-order chi connectivity index (χ1) is 14.1. The molecule has 0 radical (unpaired) electrons. The van der Waals surface area contributed by atoms with Crippen molar-refractivity contribution in [3.05, 3.63) is 35.1 Å². The number of phenols is 1. The number of carbonyl (C=O) groups excluding carboxylic acids is 2. The first-order valence-electron chi connectivity index (χ1n) is 10.5. The van der Waals surface area contributed by atoms with Crippen molar-refractivity contribution < 1.29 is 24.5 Å². The summed E-state index contributed by atoms with van der Waals surface area (Å²) >= 11 is 0. The maximum Gasteiger partial charge on any atom is 0.290 e. The third-order valence-electron chi connectivity index (χ3n) is 5.38. The molecule has 0 bridgehead atoms. The van der Waals surface area contributed by atoms with E-state index in [1.807, 2.05) is 20.8 Å². The molecule has 1 unspecified atom stereocenters. The third kappa shape index (κ3) is 4.78. The molecule has 0 spiro atoms. The van der Waals surface area contributed by atoms with E-state index in [1.54, 1.807) is 32.9 Å². The van der Waals surface area contributed by atoms with Gasteiger partial charge in [-0.25, -0.2) is 0 Å². The van der Waals surface area contributed by atoms with Crippen molar-refractivity contribution in [2.75, 3.05) is 32.8 Å². The maximum atomic E-state index is 13.2. The smallest absolute Gasteiger partial charge is 0.290 e. The number of phenolic OH excluding ortho intramolecular Hbond substituents is 1. The molecule has 1 amide bonds. The molecular formula is C23H34N2O5. The molecule has 0 aromatic heterocycles. The number of aliphatic hydroxyl groups is 1. The number of aliphatic hydroxyl groups excluding tert-OH is 1. The highest BCUT2D eigenvalue weighted by Gasteiger charge is 2.46. The lowest BCUT2D eigenvalue weighted by Gasteiger charge is -2.31. The number of ketones is 1. The number of nitrogens with zero attached hydrogens (tertiary/aromatic N) is 2. The van der Waals surface area contributed by atoms with E-state index in [9.17, 15) is 19.8 Å². The zero-order valence-corrected chi connectivity index (χ0v) is 18.9. The molecule has 7 nitrogen and oxygen atoms in total. The summed E-state index contributed by atoms with van der Waals surface area (Å²) in [6.07, 6.45) is 0. The van der Waals surface area contributed by atoms with Gasteiger partial charge in [-0.3, -0.25) is 9.59 Å². The van der Waals surface area contributed by atoms with Gasteiger partial charge in [0.1, 0.15) is 0 Å². The van der Waals surface area contributed by atoms with E-state index in [-0.39, 0.29) is 22.9 Å². The standard InChI is InChI=1S/C23H34N2O5/c1-7-24(8-2)12-13-25-19(15-10-11-16(26)17(14-15)30-9-3)18(20(27)22(25)29)21(28)23(4,5)6/h10-11,14,19,26-27H,7-9,12-13H2,1-6H3. The number of rotatable bonds is 9. The molecule has 2 rings (SSSR count). The van der Waals surface area contributed by atoms with Crippen LogP contribution in [-0.4, -0.2) is 64.5 Å². The topological polar surface area (TPSA) is 90.3 Å². The number of hydrogen-bond donors (Lipinski definition) is 2. The van der Waals surface area contributed by atoms with Gasteiger partial charge >= 0.3 is 0 Å². The Morgan fingerprint density at radius 3 is 2.33 bits per heavy atom. The minimum absolute atomic E-state index is 0.0171.